The van der Waals surface area contributed by atoms with Crippen molar-refractivity contribution in [3.8, 4) is 6.07 Å². The Hall–Kier alpha value is -1.50. The monoisotopic (exact) mass is 250 g/mol. The van der Waals surface area contributed by atoms with Crippen LogP contribution in [0.25, 0.3) is 0 Å². The van der Waals surface area contributed by atoms with Crippen LogP contribution in [0, 0.1) is 11.3 Å². The fourth-order valence-corrected chi connectivity index (χ4v) is 1.71. The molecule has 3 nitrogen and oxygen atoms in total. The average Bonchev–Trinajstić information content (AvgIpc) is 2.34. The molecule has 90 valence electrons. The average molecular weight is 251 g/mol. The van der Waals surface area contributed by atoms with Crippen molar-refractivity contribution in [1.82, 2.24) is 0 Å². The maximum atomic E-state index is 9.09. The summed E-state index contributed by atoms with van der Waals surface area (Å²) in [5, 5.41) is 9.66. The Morgan fingerprint density at radius 3 is 2.94 bits per heavy atom. The Morgan fingerprint density at radius 2 is 2.35 bits per heavy atom. The van der Waals surface area contributed by atoms with E-state index in [0.717, 1.165) is 5.69 Å². The summed E-state index contributed by atoms with van der Waals surface area (Å²) in [6.45, 7) is 5.69. The van der Waals surface area contributed by atoms with Gasteiger partial charge in [0.25, 0.3) is 0 Å². The maximum absolute atomic E-state index is 9.09. The zero-order valence-corrected chi connectivity index (χ0v) is 10.6. The second kappa shape index (κ2) is 6.95. The van der Waals surface area contributed by atoms with Gasteiger partial charge in [0.05, 0.1) is 17.9 Å². The first-order valence-electron chi connectivity index (χ1n) is 5.27. The SMILES string of the molecule is C=CCN(CCOC)c1ccc(Cl)cc1C#N. The Balaban J connectivity index is 3.00. The molecule has 4 heteroatoms. The van der Waals surface area contributed by atoms with Crippen LogP contribution >= 0.6 is 11.6 Å². The minimum absolute atomic E-state index is 0.565. The Morgan fingerprint density at radius 1 is 1.59 bits per heavy atom. The molecule has 0 saturated carbocycles. The summed E-state index contributed by atoms with van der Waals surface area (Å²) in [6, 6.07) is 7.44. The van der Waals surface area contributed by atoms with Crippen LogP contribution < -0.4 is 4.90 Å². The van der Waals surface area contributed by atoms with Gasteiger partial charge in [0, 0.05) is 25.2 Å². The van der Waals surface area contributed by atoms with E-state index in [1.807, 2.05) is 11.0 Å². The van der Waals surface area contributed by atoms with E-state index in [1.54, 1.807) is 25.3 Å². The lowest BCUT2D eigenvalue weighted by molar-refractivity contribution is 0.206. The van der Waals surface area contributed by atoms with Crippen molar-refractivity contribution in [3.63, 3.8) is 0 Å². The van der Waals surface area contributed by atoms with E-state index in [0.29, 0.717) is 30.3 Å². The number of ether oxygens (including phenoxy) is 1. The van der Waals surface area contributed by atoms with Crippen LogP contribution in [-0.2, 0) is 4.74 Å². The predicted molar refractivity (Wildman–Crippen MR) is 70.5 cm³/mol. The Kier molecular flexibility index (Phi) is 5.55. The molecule has 0 aliphatic heterocycles. The third kappa shape index (κ3) is 3.77. The van der Waals surface area contributed by atoms with Gasteiger partial charge in [0.15, 0.2) is 0 Å². The van der Waals surface area contributed by atoms with Gasteiger partial charge in [-0.25, -0.2) is 0 Å². The van der Waals surface area contributed by atoms with Crippen molar-refractivity contribution in [2.75, 3.05) is 31.7 Å². The normalized spacial score (nSPS) is 9.71. The van der Waals surface area contributed by atoms with E-state index in [1.165, 1.54) is 0 Å². The summed E-state index contributed by atoms with van der Waals surface area (Å²) in [5.41, 5.74) is 1.42. The highest BCUT2D eigenvalue weighted by atomic mass is 35.5. The minimum atomic E-state index is 0.565. The van der Waals surface area contributed by atoms with Crippen LogP contribution in [0.3, 0.4) is 0 Å². The molecule has 0 heterocycles. The van der Waals surface area contributed by atoms with Crippen LogP contribution in [0.1, 0.15) is 5.56 Å². The number of anilines is 1. The van der Waals surface area contributed by atoms with Crippen molar-refractivity contribution >= 4 is 17.3 Å². The lowest BCUT2D eigenvalue weighted by Gasteiger charge is -2.24. The van der Waals surface area contributed by atoms with Crippen molar-refractivity contribution < 1.29 is 4.74 Å². The van der Waals surface area contributed by atoms with Crippen LogP contribution in [0.5, 0.6) is 0 Å². The van der Waals surface area contributed by atoms with E-state index >= 15 is 0 Å². The van der Waals surface area contributed by atoms with Gasteiger partial charge in [-0.2, -0.15) is 5.26 Å². The van der Waals surface area contributed by atoms with Crippen LogP contribution in [0.2, 0.25) is 5.02 Å². The molecule has 0 N–H and O–H groups in total. The number of hydrogen-bond acceptors (Lipinski definition) is 3. The van der Waals surface area contributed by atoms with Crippen molar-refractivity contribution in [2.45, 2.75) is 0 Å². The summed E-state index contributed by atoms with van der Waals surface area (Å²) < 4.78 is 5.05. The molecule has 0 aliphatic carbocycles. The molecule has 0 fully saturated rings. The number of nitrogens with zero attached hydrogens (tertiary/aromatic N) is 2. The van der Waals surface area contributed by atoms with E-state index in [2.05, 4.69) is 12.6 Å². The molecule has 0 aliphatic rings. The molecule has 0 saturated heterocycles. The molecule has 0 bridgehead atoms. The summed E-state index contributed by atoms with van der Waals surface area (Å²) in [5.74, 6) is 0. The lowest BCUT2D eigenvalue weighted by atomic mass is 10.1. The van der Waals surface area contributed by atoms with Gasteiger partial charge >= 0.3 is 0 Å². The summed E-state index contributed by atoms with van der Waals surface area (Å²) in [7, 11) is 1.65. The van der Waals surface area contributed by atoms with E-state index in [9.17, 15) is 0 Å². The smallest absolute Gasteiger partial charge is 0.101 e. The fraction of sp³-hybridized carbons (Fsp3) is 0.308. The first-order valence-corrected chi connectivity index (χ1v) is 5.65. The molecule has 0 radical (unpaired) electrons. The highest BCUT2D eigenvalue weighted by Gasteiger charge is 2.10. The highest BCUT2D eigenvalue weighted by Crippen LogP contribution is 2.23. The first kappa shape index (κ1) is 13.6. The maximum Gasteiger partial charge on any atom is 0.101 e. The van der Waals surface area contributed by atoms with Crippen molar-refractivity contribution in [3.05, 3.63) is 41.4 Å². The predicted octanol–water partition coefficient (Wildman–Crippen LogP) is 2.85. The Labute approximate surface area is 107 Å². The van der Waals surface area contributed by atoms with E-state index in [4.69, 9.17) is 21.6 Å². The molecule has 0 unspecified atom stereocenters. The van der Waals surface area contributed by atoms with Crippen molar-refractivity contribution in [2.24, 2.45) is 0 Å². The largest absolute Gasteiger partial charge is 0.383 e. The van der Waals surface area contributed by atoms with Crippen LogP contribution in [0.15, 0.2) is 30.9 Å². The molecule has 0 amide bonds. The quantitative estimate of drug-likeness (QED) is 0.729. The summed E-state index contributed by atoms with van der Waals surface area (Å²) in [6.07, 6.45) is 1.80. The van der Waals surface area contributed by atoms with Gasteiger partial charge in [0.1, 0.15) is 6.07 Å². The standard InChI is InChI=1S/C13H15ClN2O/c1-3-6-16(7-8-17-2)13-5-4-12(14)9-11(13)10-15/h3-5,9H,1,6-8H2,2H3. The number of benzene rings is 1. The van der Waals surface area contributed by atoms with Gasteiger partial charge in [-0.15, -0.1) is 6.58 Å². The second-order valence-corrected chi connectivity index (χ2v) is 3.94. The van der Waals surface area contributed by atoms with E-state index < -0.39 is 0 Å². The van der Waals surface area contributed by atoms with Gasteiger partial charge in [-0.3, -0.25) is 0 Å². The first-order chi connectivity index (χ1) is 8.22. The summed E-state index contributed by atoms with van der Waals surface area (Å²) in [4.78, 5) is 2.03. The molecular weight excluding hydrogens is 236 g/mol. The fourth-order valence-electron chi connectivity index (χ4n) is 1.54. The molecule has 0 aromatic heterocycles. The van der Waals surface area contributed by atoms with Gasteiger partial charge < -0.3 is 9.64 Å². The number of methoxy groups -OCH3 is 1. The topological polar surface area (TPSA) is 36.3 Å². The number of halogens is 1. The number of nitriles is 1. The molecule has 17 heavy (non-hydrogen) atoms. The van der Waals surface area contributed by atoms with Gasteiger partial charge in [-0.1, -0.05) is 17.7 Å². The van der Waals surface area contributed by atoms with Crippen LogP contribution in [-0.4, -0.2) is 26.8 Å². The van der Waals surface area contributed by atoms with E-state index in [-0.39, 0.29) is 0 Å². The van der Waals surface area contributed by atoms with Gasteiger partial charge in [0.2, 0.25) is 0 Å². The molecule has 1 rings (SSSR count). The van der Waals surface area contributed by atoms with Gasteiger partial charge in [-0.05, 0) is 18.2 Å². The van der Waals surface area contributed by atoms with Crippen LogP contribution in [0.4, 0.5) is 5.69 Å². The molecule has 0 spiro atoms. The Bertz CT molecular complexity index is 426. The summed E-state index contributed by atoms with van der Waals surface area (Å²) >= 11 is 5.87. The third-order valence-electron chi connectivity index (χ3n) is 2.33. The second-order valence-electron chi connectivity index (χ2n) is 3.50. The zero-order chi connectivity index (χ0) is 12.7. The number of hydrogen-bond donors (Lipinski definition) is 0. The number of rotatable bonds is 6. The molecule has 0 atom stereocenters. The lowest BCUT2D eigenvalue weighted by Crippen LogP contribution is -2.28. The highest BCUT2D eigenvalue weighted by molar-refractivity contribution is 6.30. The third-order valence-corrected chi connectivity index (χ3v) is 2.57. The molecule has 1 aromatic carbocycles. The zero-order valence-electron chi connectivity index (χ0n) is 9.82. The minimum Gasteiger partial charge on any atom is -0.383 e. The van der Waals surface area contributed by atoms with Crippen molar-refractivity contribution in [1.29, 1.82) is 5.26 Å². The molecular formula is C13H15ClN2O. The molecule has 1 aromatic rings.